The average Bonchev–Trinajstić information content (AvgIpc) is 2.72. The molecule has 2 aliphatic heterocycles. The molecule has 4 rings (SSSR count). The fourth-order valence-corrected chi connectivity index (χ4v) is 3.27. The summed E-state index contributed by atoms with van der Waals surface area (Å²) in [6.45, 7) is 3.33. The third kappa shape index (κ3) is 4.18. The van der Waals surface area contributed by atoms with Crippen molar-refractivity contribution in [3.8, 4) is 11.3 Å². The Morgan fingerprint density at radius 1 is 1.00 bits per heavy atom. The fraction of sp³-hybridized carbons (Fsp3) is 0.381. The van der Waals surface area contributed by atoms with Crippen molar-refractivity contribution in [2.75, 3.05) is 6.61 Å². The molecule has 0 radical (unpaired) electrons. The second-order valence-electron chi connectivity index (χ2n) is 7.18. The van der Waals surface area contributed by atoms with Crippen molar-refractivity contribution in [2.24, 2.45) is 0 Å². The van der Waals surface area contributed by atoms with E-state index < -0.39 is 37.3 Å². The molecule has 0 saturated carbocycles. The van der Waals surface area contributed by atoms with E-state index in [1.807, 2.05) is 50.2 Å². The molecule has 8 heteroatoms. The first-order valence-corrected chi connectivity index (χ1v) is 9.25. The smallest absolute Gasteiger partial charge is 0.191 e. The molecular formula is C21H25NO7. The Kier molecular flexibility index (Phi) is 6.33. The number of rotatable bonds is 1. The number of aliphatic hydroxyl groups excluding tert-OH is 5. The van der Waals surface area contributed by atoms with Crippen molar-refractivity contribution < 1.29 is 30.3 Å². The number of hydrogen-bond acceptors (Lipinski definition) is 7. The van der Waals surface area contributed by atoms with Gasteiger partial charge in [0.15, 0.2) is 11.7 Å². The number of pyridine rings is 1. The van der Waals surface area contributed by atoms with Crippen LogP contribution in [-0.2, 0) is 4.74 Å². The molecule has 1 unspecified atom stereocenters. The maximum Gasteiger partial charge on any atom is 0.191 e. The van der Waals surface area contributed by atoms with Crippen LogP contribution in [0.25, 0.3) is 22.2 Å². The maximum absolute atomic E-state index is 12.2. The highest BCUT2D eigenvalue weighted by atomic mass is 16.6. The van der Waals surface area contributed by atoms with E-state index in [2.05, 4.69) is 9.72 Å². The van der Waals surface area contributed by atoms with Gasteiger partial charge in [0.1, 0.15) is 24.4 Å². The van der Waals surface area contributed by atoms with Crippen LogP contribution in [0.5, 0.6) is 0 Å². The lowest BCUT2D eigenvalue weighted by molar-refractivity contribution is -0.286. The minimum absolute atomic E-state index is 0.127. The molecule has 29 heavy (non-hydrogen) atoms. The molecule has 1 saturated heterocycles. The van der Waals surface area contributed by atoms with Crippen LogP contribution in [0.4, 0.5) is 0 Å². The molecule has 6 N–H and O–H groups in total. The predicted octanol–water partition coefficient (Wildman–Crippen LogP) is 0.0283. The summed E-state index contributed by atoms with van der Waals surface area (Å²) in [5.74, 6) is 0. The van der Waals surface area contributed by atoms with Gasteiger partial charge in [0.05, 0.1) is 12.3 Å². The molecular weight excluding hydrogens is 378 g/mol. The summed E-state index contributed by atoms with van der Waals surface area (Å²) < 4.78 is 4.58. The summed E-state index contributed by atoms with van der Waals surface area (Å²) in [5, 5.41) is 45.7. The second-order valence-corrected chi connectivity index (χ2v) is 7.18. The van der Waals surface area contributed by atoms with E-state index in [-0.39, 0.29) is 5.43 Å². The number of fused-ring (bicyclic) bond motifs is 2. The molecule has 0 spiro atoms. The van der Waals surface area contributed by atoms with E-state index in [1.54, 1.807) is 0 Å². The highest BCUT2D eigenvalue weighted by Gasteiger charge is 2.42. The molecule has 0 bridgehead atoms. The van der Waals surface area contributed by atoms with Crippen LogP contribution in [0.3, 0.4) is 0 Å². The highest BCUT2D eigenvalue weighted by molar-refractivity contribution is 5.85. The van der Waals surface area contributed by atoms with Gasteiger partial charge in [-0.2, -0.15) is 0 Å². The number of ether oxygens (including phenoxy) is 1. The monoisotopic (exact) mass is 403 g/mol. The van der Waals surface area contributed by atoms with Crippen molar-refractivity contribution in [3.05, 3.63) is 57.7 Å². The van der Waals surface area contributed by atoms with Crippen LogP contribution < -0.4 is 5.43 Å². The van der Waals surface area contributed by atoms with Crippen molar-refractivity contribution in [3.63, 3.8) is 0 Å². The van der Waals surface area contributed by atoms with E-state index >= 15 is 0 Å². The number of aliphatic hydroxyl groups is 5. The van der Waals surface area contributed by atoms with Gasteiger partial charge < -0.3 is 35.3 Å². The lowest BCUT2D eigenvalue weighted by atomic mass is 9.99. The summed E-state index contributed by atoms with van der Waals surface area (Å²) in [6.07, 6.45) is -7.04. The van der Waals surface area contributed by atoms with Crippen LogP contribution in [0.1, 0.15) is 11.1 Å². The first-order chi connectivity index (χ1) is 13.7. The zero-order valence-electron chi connectivity index (χ0n) is 16.1. The van der Waals surface area contributed by atoms with E-state index in [0.717, 1.165) is 33.3 Å². The van der Waals surface area contributed by atoms with Crippen LogP contribution in [-0.4, -0.2) is 67.8 Å². The third-order valence-corrected chi connectivity index (χ3v) is 5.22. The number of nitrogens with one attached hydrogen (secondary N) is 1. The summed E-state index contributed by atoms with van der Waals surface area (Å²) in [4.78, 5) is 15.5. The minimum Gasteiger partial charge on any atom is -0.394 e. The molecule has 1 aliphatic carbocycles. The number of aromatic amines is 1. The third-order valence-electron chi connectivity index (χ3n) is 5.22. The number of H-pyrrole nitrogens is 1. The average molecular weight is 403 g/mol. The molecule has 1 aromatic carbocycles. The predicted molar refractivity (Wildman–Crippen MR) is 107 cm³/mol. The summed E-state index contributed by atoms with van der Waals surface area (Å²) in [7, 11) is 0. The number of hydrogen-bond donors (Lipinski definition) is 6. The van der Waals surface area contributed by atoms with E-state index in [1.165, 1.54) is 0 Å². The summed E-state index contributed by atoms with van der Waals surface area (Å²) in [6, 6.07) is 12.0. The van der Waals surface area contributed by atoms with Crippen molar-refractivity contribution in [2.45, 2.75) is 44.6 Å². The molecule has 0 aromatic heterocycles. The summed E-state index contributed by atoms with van der Waals surface area (Å²) >= 11 is 0. The quantitative estimate of drug-likeness (QED) is 0.315. The molecule has 0 amide bonds. The van der Waals surface area contributed by atoms with Gasteiger partial charge in [0.25, 0.3) is 0 Å². The Balaban J connectivity index is 0.000000177. The first kappa shape index (κ1) is 21.4. The van der Waals surface area contributed by atoms with Crippen LogP contribution in [0, 0.1) is 13.8 Å². The zero-order valence-corrected chi connectivity index (χ0v) is 16.1. The normalized spacial score (nSPS) is 26.9. The first-order valence-electron chi connectivity index (χ1n) is 9.25. The molecule has 2 heterocycles. The molecule has 1 aromatic rings. The highest BCUT2D eigenvalue weighted by Crippen LogP contribution is 2.24. The van der Waals surface area contributed by atoms with Gasteiger partial charge in [-0.15, -0.1) is 0 Å². The zero-order chi connectivity index (χ0) is 21.3. The molecule has 5 atom stereocenters. The van der Waals surface area contributed by atoms with Gasteiger partial charge in [-0.3, -0.25) is 4.79 Å². The molecule has 1 fully saturated rings. The van der Waals surface area contributed by atoms with Gasteiger partial charge in [-0.1, -0.05) is 18.2 Å². The lowest BCUT2D eigenvalue weighted by Gasteiger charge is -2.37. The maximum atomic E-state index is 12.2. The van der Waals surface area contributed by atoms with Gasteiger partial charge in [-0.25, -0.2) is 0 Å². The Bertz CT molecular complexity index is 1010. The van der Waals surface area contributed by atoms with Gasteiger partial charge in [-0.05, 0) is 43.0 Å². The number of para-hydroxylation sites is 1. The van der Waals surface area contributed by atoms with Crippen LogP contribution in [0.2, 0.25) is 0 Å². The Hall–Kier alpha value is -2.33. The fourth-order valence-electron chi connectivity index (χ4n) is 3.27. The topological polar surface area (TPSA) is 143 Å². The Morgan fingerprint density at radius 2 is 1.69 bits per heavy atom. The number of benzene rings is 2. The Labute approximate surface area is 167 Å². The van der Waals surface area contributed by atoms with Crippen LogP contribution >= 0.6 is 0 Å². The van der Waals surface area contributed by atoms with E-state index in [0.29, 0.717) is 0 Å². The largest absolute Gasteiger partial charge is 0.394 e. The van der Waals surface area contributed by atoms with Gasteiger partial charge in [0.2, 0.25) is 0 Å². The van der Waals surface area contributed by atoms with Crippen molar-refractivity contribution in [1.29, 1.82) is 0 Å². The van der Waals surface area contributed by atoms with Crippen molar-refractivity contribution in [1.82, 2.24) is 4.98 Å². The minimum atomic E-state index is -1.57. The van der Waals surface area contributed by atoms with Crippen molar-refractivity contribution >= 4 is 10.9 Å². The second kappa shape index (κ2) is 8.58. The van der Waals surface area contributed by atoms with Gasteiger partial charge in [0, 0.05) is 16.6 Å². The SMILES string of the molecule is Cc1cc2[nH]c3ccccc3cc-2c(=O)c1C.OC[C@H]1OC(O)[C@H](O)[C@@H](O)[C@H]1O. The molecule has 156 valence electrons. The summed E-state index contributed by atoms with van der Waals surface area (Å²) in [5.41, 5.74) is 4.74. The molecule has 8 nitrogen and oxygen atoms in total. The molecule has 3 aliphatic rings. The Morgan fingerprint density at radius 3 is 2.38 bits per heavy atom. The standard InChI is InChI=1S/C15H13NO.C6H12O6/c1-9-7-14-12(15(17)10(9)2)8-11-5-3-4-6-13(11)16-14;7-1-2-3(8)4(9)5(10)6(11)12-2/h3-8,16H,1-2H3;2-11H,1H2/t;2-,3+,4+,5-,6?/m.1/s1. The van der Waals surface area contributed by atoms with E-state index in [9.17, 15) is 4.79 Å². The number of aromatic nitrogens is 1. The lowest BCUT2D eigenvalue weighted by Crippen LogP contribution is -2.58. The van der Waals surface area contributed by atoms with E-state index in [4.69, 9.17) is 25.5 Å². The van der Waals surface area contributed by atoms with Gasteiger partial charge >= 0.3 is 0 Å². The number of aryl methyl sites for hydroxylation is 1. The van der Waals surface area contributed by atoms with Crippen LogP contribution in [0.15, 0.2) is 41.2 Å².